The predicted molar refractivity (Wildman–Crippen MR) is 95.1 cm³/mol. The molecule has 2 N–H and O–H groups in total. The van der Waals surface area contributed by atoms with E-state index in [1.54, 1.807) is 24.5 Å². The first-order valence-electron chi connectivity index (χ1n) is 8.30. The molecular weight excluding hydrogens is 338 g/mol. The van der Waals surface area contributed by atoms with Gasteiger partial charge in [-0.1, -0.05) is 6.07 Å². The molecule has 1 unspecified atom stereocenters. The Kier molecular flexibility index (Phi) is 8.18. The molecule has 1 rings (SSSR count). The molecule has 1 amide bonds. The van der Waals surface area contributed by atoms with Gasteiger partial charge in [-0.15, -0.1) is 0 Å². The lowest BCUT2D eigenvalue weighted by Gasteiger charge is -2.28. The summed E-state index contributed by atoms with van der Waals surface area (Å²) in [6.07, 6.45) is 3.30. The van der Waals surface area contributed by atoms with Crippen LogP contribution in [0.15, 0.2) is 24.5 Å². The molecule has 0 fully saturated rings. The van der Waals surface area contributed by atoms with Crippen molar-refractivity contribution in [2.75, 3.05) is 14.2 Å². The van der Waals surface area contributed by atoms with E-state index in [9.17, 15) is 14.4 Å². The third kappa shape index (κ3) is 7.18. The van der Waals surface area contributed by atoms with E-state index in [0.29, 0.717) is 5.56 Å². The summed E-state index contributed by atoms with van der Waals surface area (Å²) >= 11 is 0. The number of amides is 1. The fourth-order valence-electron chi connectivity index (χ4n) is 2.29. The third-order valence-electron chi connectivity index (χ3n) is 3.50. The van der Waals surface area contributed by atoms with Gasteiger partial charge in [0, 0.05) is 24.4 Å². The summed E-state index contributed by atoms with van der Waals surface area (Å²) < 4.78 is 9.40. The highest BCUT2D eigenvalue weighted by molar-refractivity contribution is 5.85. The largest absolute Gasteiger partial charge is 0.469 e. The van der Waals surface area contributed by atoms with Crippen molar-refractivity contribution in [2.45, 2.75) is 51.2 Å². The minimum atomic E-state index is -0.852. The van der Waals surface area contributed by atoms with Gasteiger partial charge in [0.2, 0.25) is 5.91 Å². The summed E-state index contributed by atoms with van der Waals surface area (Å²) in [6, 6.07) is 1.76. The lowest BCUT2D eigenvalue weighted by molar-refractivity contribution is -0.144. The van der Waals surface area contributed by atoms with Crippen molar-refractivity contribution in [1.82, 2.24) is 15.6 Å². The van der Waals surface area contributed by atoms with Gasteiger partial charge >= 0.3 is 11.9 Å². The molecule has 0 saturated carbocycles. The van der Waals surface area contributed by atoms with Gasteiger partial charge in [-0.05, 0) is 38.8 Å². The molecule has 0 aliphatic heterocycles. The van der Waals surface area contributed by atoms with Crippen LogP contribution in [-0.2, 0) is 23.9 Å². The van der Waals surface area contributed by atoms with Gasteiger partial charge in [-0.3, -0.25) is 24.7 Å². The summed E-state index contributed by atoms with van der Waals surface area (Å²) in [4.78, 5) is 40.3. The van der Waals surface area contributed by atoms with Crippen LogP contribution in [0.2, 0.25) is 0 Å². The SMILES string of the molecule is COC(=O)CCC(N[C@H](C(=O)NC(C)(C)C)c1cccnc1)C(=O)OC. The number of hydrogen-bond donors (Lipinski definition) is 2. The molecule has 0 bridgehead atoms. The fraction of sp³-hybridized carbons (Fsp3) is 0.556. The highest BCUT2D eigenvalue weighted by atomic mass is 16.5. The van der Waals surface area contributed by atoms with Gasteiger partial charge in [0.05, 0.1) is 14.2 Å². The average molecular weight is 365 g/mol. The number of pyridine rings is 1. The van der Waals surface area contributed by atoms with Gasteiger partial charge in [0.25, 0.3) is 0 Å². The zero-order valence-corrected chi connectivity index (χ0v) is 15.9. The first-order valence-corrected chi connectivity index (χ1v) is 8.30. The normalized spacial score (nSPS) is 13.4. The average Bonchev–Trinajstić information content (AvgIpc) is 2.60. The molecule has 0 spiro atoms. The number of ether oxygens (including phenoxy) is 2. The Morgan fingerprint density at radius 2 is 1.88 bits per heavy atom. The van der Waals surface area contributed by atoms with E-state index in [0.717, 1.165) is 0 Å². The van der Waals surface area contributed by atoms with Crippen molar-refractivity contribution in [3.63, 3.8) is 0 Å². The van der Waals surface area contributed by atoms with Crippen molar-refractivity contribution in [1.29, 1.82) is 0 Å². The van der Waals surface area contributed by atoms with Gasteiger partial charge in [-0.2, -0.15) is 0 Å². The molecule has 2 atom stereocenters. The number of aromatic nitrogens is 1. The molecule has 1 heterocycles. The Morgan fingerprint density at radius 3 is 2.38 bits per heavy atom. The van der Waals surface area contributed by atoms with Crippen LogP contribution in [0.5, 0.6) is 0 Å². The van der Waals surface area contributed by atoms with E-state index >= 15 is 0 Å². The molecule has 0 aromatic carbocycles. The number of methoxy groups -OCH3 is 2. The Balaban J connectivity index is 3.04. The molecule has 0 aliphatic rings. The first kappa shape index (κ1) is 21.6. The maximum atomic E-state index is 12.8. The van der Waals surface area contributed by atoms with Gasteiger partial charge in [0.15, 0.2) is 0 Å². The van der Waals surface area contributed by atoms with Crippen LogP contribution in [0.1, 0.15) is 45.2 Å². The number of carbonyl (C=O) groups is 3. The van der Waals surface area contributed by atoms with E-state index in [1.807, 2.05) is 20.8 Å². The summed E-state index contributed by atoms with van der Waals surface area (Å²) in [7, 11) is 2.53. The number of carbonyl (C=O) groups excluding carboxylic acids is 3. The summed E-state index contributed by atoms with van der Waals surface area (Å²) in [5, 5.41) is 5.87. The van der Waals surface area contributed by atoms with E-state index < -0.39 is 29.6 Å². The number of nitrogens with zero attached hydrogens (tertiary/aromatic N) is 1. The van der Waals surface area contributed by atoms with Crippen LogP contribution in [0, 0.1) is 0 Å². The van der Waals surface area contributed by atoms with Crippen molar-refractivity contribution < 1.29 is 23.9 Å². The summed E-state index contributed by atoms with van der Waals surface area (Å²) in [5.41, 5.74) is 0.146. The fourth-order valence-corrected chi connectivity index (χ4v) is 2.29. The van der Waals surface area contributed by atoms with Crippen molar-refractivity contribution in [3.05, 3.63) is 30.1 Å². The Labute approximate surface area is 153 Å². The molecule has 1 aromatic rings. The summed E-state index contributed by atoms with van der Waals surface area (Å²) in [6.45, 7) is 5.58. The number of rotatable bonds is 8. The predicted octanol–water partition coefficient (Wildman–Crippen LogP) is 1.12. The van der Waals surface area contributed by atoms with Crippen molar-refractivity contribution in [2.24, 2.45) is 0 Å². The van der Waals surface area contributed by atoms with Crippen LogP contribution in [0.3, 0.4) is 0 Å². The van der Waals surface area contributed by atoms with Crippen molar-refractivity contribution in [3.8, 4) is 0 Å². The van der Waals surface area contributed by atoms with E-state index in [-0.39, 0.29) is 18.7 Å². The number of nitrogens with one attached hydrogen (secondary N) is 2. The smallest absolute Gasteiger partial charge is 0.322 e. The lowest BCUT2D eigenvalue weighted by atomic mass is 10.0. The maximum absolute atomic E-state index is 12.8. The Hall–Kier alpha value is -2.48. The quantitative estimate of drug-likeness (QED) is 0.665. The topological polar surface area (TPSA) is 107 Å². The molecule has 144 valence electrons. The van der Waals surface area contributed by atoms with Gasteiger partial charge in [-0.25, -0.2) is 0 Å². The van der Waals surface area contributed by atoms with Crippen LogP contribution in [0.25, 0.3) is 0 Å². The number of esters is 2. The Morgan fingerprint density at radius 1 is 1.19 bits per heavy atom. The first-order chi connectivity index (χ1) is 12.2. The zero-order valence-electron chi connectivity index (χ0n) is 15.9. The second-order valence-electron chi connectivity index (χ2n) is 6.82. The molecular formula is C18H27N3O5. The van der Waals surface area contributed by atoms with Crippen LogP contribution < -0.4 is 10.6 Å². The third-order valence-corrected chi connectivity index (χ3v) is 3.50. The number of hydrogen-bond acceptors (Lipinski definition) is 7. The second-order valence-corrected chi connectivity index (χ2v) is 6.82. The van der Waals surface area contributed by atoms with Gasteiger partial charge in [0.1, 0.15) is 12.1 Å². The molecule has 0 saturated heterocycles. The summed E-state index contributed by atoms with van der Waals surface area (Å²) in [5.74, 6) is -1.32. The molecule has 8 heteroatoms. The lowest BCUT2D eigenvalue weighted by Crippen LogP contribution is -2.50. The minimum absolute atomic E-state index is 0.0178. The Bertz CT molecular complexity index is 613. The minimum Gasteiger partial charge on any atom is -0.469 e. The zero-order chi connectivity index (χ0) is 19.7. The molecule has 0 aliphatic carbocycles. The van der Waals surface area contributed by atoms with Crippen molar-refractivity contribution >= 4 is 17.8 Å². The van der Waals surface area contributed by atoms with E-state index in [1.165, 1.54) is 14.2 Å². The van der Waals surface area contributed by atoms with E-state index in [4.69, 9.17) is 4.74 Å². The second kappa shape index (κ2) is 9.86. The molecule has 1 aromatic heterocycles. The van der Waals surface area contributed by atoms with Crippen LogP contribution in [0.4, 0.5) is 0 Å². The maximum Gasteiger partial charge on any atom is 0.322 e. The molecule has 8 nitrogen and oxygen atoms in total. The van der Waals surface area contributed by atoms with Crippen LogP contribution in [-0.4, -0.2) is 48.6 Å². The monoisotopic (exact) mass is 365 g/mol. The highest BCUT2D eigenvalue weighted by Crippen LogP contribution is 2.16. The van der Waals surface area contributed by atoms with Gasteiger partial charge < -0.3 is 14.8 Å². The van der Waals surface area contributed by atoms with E-state index in [2.05, 4.69) is 20.4 Å². The standard InChI is InChI=1S/C18H27N3O5/c1-18(2,3)21-16(23)15(12-7-6-10-19-11-12)20-13(17(24)26-5)8-9-14(22)25-4/h6-7,10-11,13,15,20H,8-9H2,1-5H3,(H,21,23)/t13?,15-/m0/s1. The highest BCUT2D eigenvalue weighted by Gasteiger charge is 2.30. The van der Waals surface area contributed by atoms with Crippen LogP contribution >= 0.6 is 0 Å². The molecule has 0 radical (unpaired) electrons. The molecule has 26 heavy (non-hydrogen) atoms.